The van der Waals surface area contributed by atoms with Crippen LogP contribution < -0.4 is 19.3 Å². The predicted octanol–water partition coefficient (Wildman–Crippen LogP) is 11.5. The number of hydrogen-bond donors (Lipinski definition) is 1. The molecule has 1 N–H and O–H groups in total. The van der Waals surface area contributed by atoms with Crippen LogP contribution in [0.5, 0.6) is 11.5 Å². The van der Waals surface area contributed by atoms with Gasteiger partial charge in [0.2, 0.25) is 0 Å². The smallest absolute Gasteiger partial charge is 0.188 e. The van der Waals surface area contributed by atoms with Crippen LogP contribution >= 0.6 is 54.5 Å². The average Bonchev–Trinajstić information content (AvgIpc) is 3.82. The molecule has 0 radical (unpaired) electrons. The van der Waals surface area contributed by atoms with Crippen molar-refractivity contribution >= 4 is 111 Å². The summed E-state index contributed by atoms with van der Waals surface area (Å²) in [5, 5.41) is 11.1. The van der Waals surface area contributed by atoms with Crippen LogP contribution in [0.3, 0.4) is 0 Å². The van der Waals surface area contributed by atoms with E-state index in [0.717, 1.165) is 84.5 Å². The Morgan fingerprint density at radius 2 is 1.15 bits per heavy atom. The molecule has 6 rings (SSSR count). The minimum atomic E-state index is -0.450. The Labute approximate surface area is 377 Å². The minimum Gasteiger partial charge on any atom is -0.466 e. The van der Waals surface area contributed by atoms with Crippen molar-refractivity contribution in [2.75, 3.05) is 91.3 Å². The molecule has 0 aliphatic carbocycles. The van der Waals surface area contributed by atoms with Crippen LogP contribution in [0.25, 0.3) is 44.7 Å². The zero-order valence-electron chi connectivity index (χ0n) is 34.0. The van der Waals surface area contributed by atoms with Crippen LogP contribution in [0.15, 0.2) is 69.6 Å². The Hall–Kier alpha value is -3.93. The molecule has 2 aromatic heterocycles. The predicted molar refractivity (Wildman–Crippen MR) is 257 cm³/mol. The second kappa shape index (κ2) is 24.5. The highest BCUT2D eigenvalue weighted by Crippen LogP contribution is 2.33. The fourth-order valence-corrected chi connectivity index (χ4v) is 8.73. The van der Waals surface area contributed by atoms with Gasteiger partial charge >= 0.3 is 0 Å². The third-order valence-corrected chi connectivity index (χ3v) is 12.1. The van der Waals surface area contributed by atoms with E-state index in [1.165, 1.54) is 0 Å². The highest BCUT2D eigenvalue weighted by atomic mass is 79.9. The molecule has 4 aromatic carbocycles. The van der Waals surface area contributed by atoms with Gasteiger partial charge in [0.15, 0.2) is 13.6 Å². The van der Waals surface area contributed by atoms with E-state index in [4.69, 9.17) is 33.7 Å². The number of alkyl halides is 1. The van der Waals surface area contributed by atoms with E-state index < -0.39 is 6.67 Å². The van der Waals surface area contributed by atoms with E-state index in [1.54, 1.807) is 36.9 Å². The quantitative estimate of drug-likeness (QED) is 0.0624. The lowest BCUT2D eigenvalue weighted by Gasteiger charge is -2.21. The summed E-state index contributed by atoms with van der Waals surface area (Å²) in [6, 6.07) is 20.3. The average molecular weight is 989 g/mol. The first-order valence-corrected chi connectivity index (χ1v) is 21.9. The molecule has 0 amide bonds. The van der Waals surface area contributed by atoms with Crippen LogP contribution in [0, 0.1) is 13.8 Å². The Morgan fingerprint density at radius 1 is 0.683 bits per heavy atom. The first kappa shape index (κ1) is 48.7. The third-order valence-electron chi connectivity index (χ3n) is 8.91. The monoisotopic (exact) mass is 986 g/mol. The molecule has 0 aliphatic rings. The summed E-state index contributed by atoms with van der Waals surface area (Å²) in [5.41, 5.74) is 8.63. The van der Waals surface area contributed by atoms with Gasteiger partial charge in [0.25, 0.3) is 0 Å². The molecule has 0 unspecified atom stereocenters. The number of likely N-dealkylation sites (N-methyl/N-ethyl adjacent to an activating group) is 2. The van der Waals surface area contributed by atoms with Gasteiger partial charge in [-0.2, -0.15) is 0 Å². The van der Waals surface area contributed by atoms with Gasteiger partial charge in [-0.05, 0) is 129 Å². The van der Waals surface area contributed by atoms with Crippen LogP contribution in [0.2, 0.25) is 0 Å². The Balaban J connectivity index is 0.000000262. The maximum absolute atomic E-state index is 12.2. The maximum Gasteiger partial charge on any atom is 0.188 e. The first-order chi connectivity index (χ1) is 28.5. The fourth-order valence-electron chi connectivity index (χ4n) is 5.94. The fraction of sp³-hybridized carbons (Fsp3) is 0.333. The Kier molecular flexibility index (Phi) is 19.9. The first-order valence-electron chi connectivity index (χ1n) is 18.7. The molecule has 0 aliphatic heterocycles. The van der Waals surface area contributed by atoms with E-state index >= 15 is 0 Å². The van der Waals surface area contributed by atoms with Gasteiger partial charge in [0.05, 0.1) is 49.2 Å². The SMILES string of the molecule is C.COCOc1ccc(/C=C/c2nc3cc(C)c(N(C)CCO)cc3s2)cc1Br.COCOc1ccc(/C=C/c2nc3cc(C)c(N(C)CCOCCF)cc3s2)cc1Br. The second-order valence-electron chi connectivity index (χ2n) is 13.3. The van der Waals surface area contributed by atoms with Gasteiger partial charge in [0.1, 0.15) is 28.2 Å². The Bertz CT molecular complexity index is 2350. The molecule has 2 heterocycles. The van der Waals surface area contributed by atoms with E-state index in [1.807, 2.05) is 74.8 Å². The van der Waals surface area contributed by atoms with Crippen molar-refractivity contribution in [2.24, 2.45) is 0 Å². The standard InChI is InChI=1S/C23H26BrFN2O3S.C21H23BrN2O3S.CH4/c1-16-12-19-22(14-20(16)27(2)9-11-29-10-8-25)31-23(26-19)7-5-17-4-6-21(18(24)13-17)30-15-28-3;1-14-10-17-20(12-18(14)24(2)8-9-25)28-21(23-17)7-5-15-4-6-19(16(22)11-15)27-13-26-3;/h4-7,12-14H,8-11,15H2,1-3H3;4-7,10-12,25H,8-9,13H2,1-3H3;1H4/b2*7-5+;. The molecule has 6 aromatic rings. The molecule has 0 atom stereocenters. The molecular formula is C45H53Br2FN4O6S2. The van der Waals surface area contributed by atoms with E-state index in [2.05, 4.69) is 79.8 Å². The highest BCUT2D eigenvalue weighted by molar-refractivity contribution is 9.11. The number of aliphatic hydroxyl groups is 1. The number of aromatic nitrogens is 2. The minimum absolute atomic E-state index is 0. The van der Waals surface area contributed by atoms with Crippen LogP contribution in [-0.2, 0) is 14.2 Å². The molecule has 0 saturated heterocycles. The zero-order valence-corrected chi connectivity index (χ0v) is 38.8. The summed E-state index contributed by atoms with van der Waals surface area (Å²) in [5.74, 6) is 1.48. The van der Waals surface area contributed by atoms with Gasteiger partial charge < -0.3 is 38.6 Å². The molecular weight excluding hydrogens is 935 g/mol. The van der Waals surface area contributed by atoms with Crippen molar-refractivity contribution in [1.82, 2.24) is 9.97 Å². The lowest BCUT2D eigenvalue weighted by atomic mass is 10.1. The van der Waals surface area contributed by atoms with Crippen molar-refractivity contribution in [3.8, 4) is 11.5 Å². The second-order valence-corrected chi connectivity index (χ2v) is 17.2. The number of methoxy groups -OCH3 is 2. The summed E-state index contributed by atoms with van der Waals surface area (Å²) in [7, 11) is 7.20. The summed E-state index contributed by atoms with van der Waals surface area (Å²) in [6.45, 7) is 6.22. The van der Waals surface area contributed by atoms with E-state index in [9.17, 15) is 9.50 Å². The number of halogens is 3. The third kappa shape index (κ3) is 13.8. The molecule has 0 bridgehead atoms. The summed E-state index contributed by atoms with van der Waals surface area (Å²) in [6.07, 6.45) is 8.11. The molecule has 0 saturated carbocycles. The number of fused-ring (bicyclic) bond motifs is 2. The van der Waals surface area contributed by atoms with E-state index in [-0.39, 0.29) is 34.2 Å². The number of hydrogen-bond acceptors (Lipinski definition) is 12. The number of ether oxygens (including phenoxy) is 5. The molecule has 10 nitrogen and oxygen atoms in total. The van der Waals surface area contributed by atoms with Crippen molar-refractivity contribution in [2.45, 2.75) is 21.3 Å². The largest absolute Gasteiger partial charge is 0.466 e. The maximum atomic E-state index is 12.2. The van der Waals surface area contributed by atoms with Crippen molar-refractivity contribution < 1.29 is 33.2 Å². The molecule has 0 spiro atoms. The number of nitrogens with zero attached hydrogens (tertiary/aromatic N) is 4. The van der Waals surface area contributed by atoms with Gasteiger partial charge in [-0.1, -0.05) is 31.7 Å². The van der Waals surface area contributed by atoms with Crippen molar-refractivity contribution in [1.29, 1.82) is 0 Å². The number of thiazole rings is 2. The van der Waals surface area contributed by atoms with Gasteiger partial charge in [0, 0.05) is 52.8 Å². The molecule has 322 valence electrons. The van der Waals surface area contributed by atoms with Crippen molar-refractivity contribution in [3.05, 3.63) is 102 Å². The number of aliphatic hydroxyl groups excluding tert-OH is 1. The van der Waals surface area contributed by atoms with E-state index in [0.29, 0.717) is 19.7 Å². The van der Waals surface area contributed by atoms with Gasteiger partial charge in [-0.15, -0.1) is 22.7 Å². The lowest BCUT2D eigenvalue weighted by molar-refractivity contribution is 0.0504. The number of aryl methyl sites for hydroxylation is 2. The normalized spacial score (nSPS) is 11.3. The van der Waals surface area contributed by atoms with Gasteiger partial charge in [-0.3, -0.25) is 0 Å². The van der Waals surface area contributed by atoms with Crippen LogP contribution in [-0.4, -0.2) is 96.6 Å². The topological polar surface area (TPSA) is 98.6 Å². The Morgan fingerprint density at radius 3 is 1.57 bits per heavy atom. The lowest BCUT2D eigenvalue weighted by Crippen LogP contribution is -2.23. The zero-order chi connectivity index (χ0) is 42.3. The summed E-state index contributed by atoms with van der Waals surface area (Å²) in [4.78, 5) is 13.7. The van der Waals surface area contributed by atoms with Gasteiger partial charge in [-0.25, -0.2) is 14.4 Å². The number of anilines is 2. The molecule has 60 heavy (non-hydrogen) atoms. The number of benzene rings is 4. The van der Waals surface area contributed by atoms with Crippen LogP contribution in [0.1, 0.15) is 39.7 Å². The molecule has 15 heteroatoms. The summed E-state index contributed by atoms with van der Waals surface area (Å²) < 4.78 is 42.3. The van der Waals surface area contributed by atoms with Crippen molar-refractivity contribution in [3.63, 3.8) is 0 Å². The molecule has 0 fully saturated rings. The number of rotatable bonds is 19. The highest BCUT2D eigenvalue weighted by Gasteiger charge is 2.12. The van der Waals surface area contributed by atoms with Crippen LogP contribution in [0.4, 0.5) is 15.8 Å². The summed E-state index contributed by atoms with van der Waals surface area (Å²) >= 11 is 10.4.